The van der Waals surface area contributed by atoms with Crippen molar-refractivity contribution in [1.82, 2.24) is 14.1 Å². The van der Waals surface area contributed by atoms with E-state index in [0.29, 0.717) is 29.2 Å². The number of ether oxygens (including phenoxy) is 2. The van der Waals surface area contributed by atoms with E-state index in [1.165, 1.54) is 16.7 Å². The third-order valence-corrected chi connectivity index (χ3v) is 4.43. The highest BCUT2D eigenvalue weighted by molar-refractivity contribution is 6.03. The second-order valence-corrected chi connectivity index (χ2v) is 6.16. The number of aryl methyl sites for hydroxylation is 1. The molecule has 6 nitrogen and oxygen atoms in total. The van der Waals surface area contributed by atoms with Gasteiger partial charge < -0.3 is 14.0 Å². The van der Waals surface area contributed by atoms with E-state index in [2.05, 4.69) is 9.72 Å². The molecule has 0 bridgehead atoms. The van der Waals surface area contributed by atoms with E-state index < -0.39 is 6.61 Å². The van der Waals surface area contributed by atoms with E-state index in [-0.39, 0.29) is 11.3 Å². The van der Waals surface area contributed by atoms with Crippen LogP contribution in [0, 0.1) is 0 Å². The van der Waals surface area contributed by atoms with Gasteiger partial charge in [0.2, 0.25) is 5.88 Å². The Hall–Kier alpha value is -3.42. The van der Waals surface area contributed by atoms with Crippen molar-refractivity contribution in [2.75, 3.05) is 6.61 Å². The fourth-order valence-corrected chi connectivity index (χ4v) is 3.28. The molecule has 0 saturated heterocycles. The van der Waals surface area contributed by atoms with Crippen molar-refractivity contribution >= 4 is 21.9 Å². The molecule has 0 amide bonds. The smallest absolute Gasteiger partial charge is 0.387 e. The number of halogens is 2. The Morgan fingerprint density at radius 1 is 1.07 bits per heavy atom. The molecule has 0 radical (unpaired) electrons. The van der Waals surface area contributed by atoms with Gasteiger partial charge in [0.15, 0.2) is 5.65 Å². The average molecular weight is 385 g/mol. The maximum Gasteiger partial charge on any atom is 0.387 e. The van der Waals surface area contributed by atoms with E-state index in [0.717, 1.165) is 10.9 Å². The van der Waals surface area contributed by atoms with Gasteiger partial charge in [0.1, 0.15) is 5.75 Å². The van der Waals surface area contributed by atoms with Crippen LogP contribution in [0.5, 0.6) is 11.6 Å². The molecule has 0 spiro atoms. The molecule has 0 atom stereocenters. The first-order valence-electron chi connectivity index (χ1n) is 8.68. The van der Waals surface area contributed by atoms with Crippen LogP contribution in [-0.2, 0) is 7.05 Å². The van der Waals surface area contributed by atoms with Crippen molar-refractivity contribution in [2.45, 2.75) is 13.5 Å². The number of benzene rings is 1. The molecule has 28 heavy (non-hydrogen) atoms. The zero-order valence-electron chi connectivity index (χ0n) is 15.2. The maximum absolute atomic E-state index is 13.2. The lowest BCUT2D eigenvalue weighted by atomic mass is 10.2. The highest BCUT2D eigenvalue weighted by atomic mass is 19.3. The van der Waals surface area contributed by atoms with Crippen molar-refractivity contribution in [3.05, 3.63) is 59.0 Å². The van der Waals surface area contributed by atoms with Gasteiger partial charge in [0, 0.05) is 24.7 Å². The maximum atomic E-state index is 13.2. The molecule has 0 fully saturated rings. The summed E-state index contributed by atoms with van der Waals surface area (Å²) in [5, 5.41) is 1.31. The van der Waals surface area contributed by atoms with Crippen LogP contribution in [0.15, 0.2) is 53.5 Å². The predicted molar refractivity (Wildman–Crippen MR) is 102 cm³/mol. The monoisotopic (exact) mass is 385 g/mol. The molecule has 0 saturated carbocycles. The average Bonchev–Trinajstić information content (AvgIpc) is 3.05. The summed E-state index contributed by atoms with van der Waals surface area (Å²) in [4.78, 5) is 17.7. The van der Waals surface area contributed by atoms with Gasteiger partial charge in [-0.15, -0.1) is 0 Å². The van der Waals surface area contributed by atoms with Crippen LogP contribution in [0.4, 0.5) is 8.78 Å². The number of pyridine rings is 2. The molecule has 144 valence electrons. The van der Waals surface area contributed by atoms with Gasteiger partial charge in [0.05, 0.1) is 23.2 Å². The highest BCUT2D eigenvalue weighted by Crippen LogP contribution is 2.27. The summed E-state index contributed by atoms with van der Waals surface area (Å²) in [5.74, 6) is 0.411. The second-order valence-electron chi connectivity index (χ2n) is 6.16. The van der Waals surface area contributed by atoms with E-state index in [1.54, 1.807) is 24.3 Å². The summed E-state index contributed by atoms with van der Waals surface area (Å²) in [5.41, 5.74) is 1.42. The molecule has 3 aromatic heterocycles. The fraction of sp³-hybridized carbons (Fsp3) is 0.200. The minimum Gasteiger partial charge on any atom is -0.478 e. The second kappa shape index (κ2) is 6.95. The molecule has 3 heterocycles. The number of nitrogens with zero attached hydrogens (tertiary/aromatic N) is 3. The first-order valence-corrected chi connectivity index (χ1v) is 8.68. The zero-order chi connectivity index (χ0) is 19.8. The summed E-state index contributed by atoms with van der Waals surface area (Å²) >= 11 is 0. The minimum absolute atomic E-state index is 0.0138. The lowest BCUT2D eigenvalue weighted by Gasteiger charge is -2.13. The molecule has 4 aromatic rings. The zero-order valence-corrected chi connectivity index (χ0v) is 15.2. The van der Waals surface area contributed by atoms with E-state index in [9.17, 15) is 13.6 Å². The van der Waals surface area contributed by atoms with Gasteiger partial charge in [-0.1, -0.05) is 0 Å². The topological polar surface area (TPSA) is 58.3 Å². The van der Waals surface area contributed by atoms with E-state index >= 15 is 0 Å². The van der Waals surface area contributed by atoms with Crippen molar-refractivity contribution in [3.8, 4) is 17.3 Å². The number of alkyl halides is 2. The number of fused-ring (bicyclic) bond motifs is 3. The molecule has 0 aliphatic rings. The normalized spacial score (nSPS) is 11.5. The molecule has 1 aromatic carbocycles. The summed E-state index contributed by atoms with van der Waals surface area (Å²) in [6, 6.07) is 11.2. The predicted octanol–water partition coefficient (Wildman–Crippen LogP) is 3.88. The molecule has 4 rings (SSSR count). The van der Waals surface area contributed by atoms with Gasteiger partial charge in [-0.05, 0) is 43.3 Å². The van der Waals surface area contributed by atoms with Crippen molar-refractivity contribution in [3.63, 3.8) is 0 Å². The summed E-state index contributed by atoms with van der Waals surface area (Å²) in [6.45, 7) is -0.624. The van der Waals surface area contributed by atoms with Gasteiger partial charge in [-0.3, -0.25) is 9.36 Å². The number of rotatable bonds is 5. The number of hydrogen-bond donors (Lipinski definition) is 0. The van der Waals surface area contributed by atoms with Gasteiger partial charge >= 0.3 is 6.61 Å². The number of aromatic nitrogens is 3. The third kappa shape index (κ3) is 2.96. The summed E-state index contributed by atoms with van der Waals surface area (Å²) in [6.07, 6.45) is 1.81. The molecule has 0 N–H and O–H groups in total. The molecule has 8 heteroatoms. The largest absolute Gasteiger partial charge is 0.478 e. The molecular formula is C20H17F2N3O3. The molecule has 0 aliphatic carbocycles. The Morgan fingerprint density at radius 3 is 2.50 bits per heavy atom. The molecular weight excluding hydrogens is 368 g/mol. The van der Waals surface area contributed by atoms with Gasteiger partial charge in [-0.2, -0.15) is 13.8 Å². The van der Waals surface area contributed by atoms with Gasteiger partial charge in [-0.25, -0.2) is 0 Å². The Kier molecular flexibility index (Phi) is 4.46. The quantitative estimate of drug-likeness (QED) is 0.523. The Bertz CT molecular complexity index is 1210. The fourth-order valence-electron chi connectivity index (χ4n) is 3.28. The number of hydrogen-bond acceptors (Lipinski definition) is 4. The molecule has 0 unspecified atom stereocenters. The van der Waals surface area contributed by atoms with E-state index in [1.807, 2.05) is 30.8 Å². The van der Waals surface area contributed by atoms with Crippen LogP contribution in [0.2, 0.25) is 0 Å². The first-order chi connectivity index (χ1) is 13.5. The third-order valence-electron chi connectivity index (χ3n) is 4.43. The lowest BCUT2D eigenvalue weighted by molar-refractivity contribution is -0.0498. The molecule has 0 aliphatic heterocycles. The van der Waals surface area contributed by atoms with Crippen molar-refractivity contribution in [1.29, 1.82) is 0 Å². The Balaban J connectivity index is 2.01. The standard InChI is InChI=1S/C20H17F2N3O3/c1-3-27-16-9-8-14-17-15(10-11-24(17)2)19(26)25(18(14)23-16)12-4-6-13(7-5-12)28-20(21)22/h4-11,20H,3H2,1-2H3. The summed E-state index contributed by atoms with van der Waals surface area (Å²) < 4.78 is 38.0. The van der Waals surface area contributed by atoms with Crippen LogP contribution in [-0.4, -0.2) is 27.3 Å². The van der Waals surface area contributed by atoms with Crippen molar-refractivity contribution in [2.24, 2.45) is 7.05 Å². The summed E-state index contributed by atoms with van der Waals surface area (Å²) in [7, 11) is 1.86. The van der Waals surface area contributed by atoms with Crippen LogP contribution in [0.3, 0.4) is 0 Å². The van der Waals surface area contributed by atoms with Gasteiger partial charge in [0.25, 0.3) is 5.56 Å². The highest BCUT2D eigenvalue weighted by Gasteiger charge is 2.17. The van der Waals surface area contributed by atoms with Crippen LogP contribution in [0.1, 0.15) is 6.92 Å². The Labute approximate surface area is 158 Å². The Morgan fingerprint density at radius 2 is 1.82 bits per heavy atom. The van der Waals surface area contributed by atoms with Crippen LogP contribution < -0.4 is 15.0 Å². The van der Waals surface area contributed by atoms with E-state index in [4.69, 9.17) is 4.74 Å². The van der Waals surface area contributed by atoms with Crippen LogP contribution >= 0.6 is 0 Å². The SMILES string of the molecule is CCOc1ccc2c3c(ccn3C)c(=O)n(-c3ccc(OC(F)F)cc3)c2n1. The lowest BCUT2D eigenvalue weighted by Crippen LogP contribution is -2.20. The first kappa shape index (κ1) is 18.0. The minimum atomic E-state index is -2.91. The van der Waals surface area contributed by atoms with Crippen LogP contribution in [0.25, 0.3) is 27.6 Å². The van der Waals surface area contributed by atoms with Crippen molar-refractivity contribution < 1.29 is 18.3 Å².